The van der Waals surface area contributed by atoms with Gasteiger partial charge in [-0.3, -0.25) is 0 Å². The van der Waals surface area contributed by atoms with Gasteiger partial charge in [0.05, 0.1) is 5.60 Å². The van der Waals surface area contributed by atoms with Crippen molar-refractivity contribution in [1.29, 1.82) is 0 Å². The Morgan fingerprint density at radius 1 is 1.33 bits per heavy atom. The number of hydrogen-bond acceptors (Lipinski definition) is 2. The van der Waals surface area contributed by atoms with E-state index in [9.17, 15) is 9.50 Å². The van der Waals surface area contributed by atoms with E-state index in [-0.39, 0.29) is 5.82 Å². The van der Waals surface area contributed by atoms with Gasteiger partial charge < -0.3 is 10.0 Å². The van der Waals surface area contributed by atoms with E-state index in [2.05, 4.69) is 11.8 Å². The summed E-state index contributed by atoms with van der Waals surface area (Å²) in [5, 5.41) is 10.8. The average molecular weight is 251 g/mol. The summed E-state index contributed by atoms with van der Waals surface area (Å²) in [7, 11) is 0. The standard InChI is InChI=1S/C15H22FNO/c1-3-17-9-4-7-15(18,8-10-17)13-5-6-14(16)12(2)11-13/h5-6,11,18H,3-4,7-10H2,1-2H3. The van der Waals surface area contributed by atoms with Crippen molar-refractivity contribution < 1.29 is 9.50 Å². The van der Waals surface area contributed by atoms with Gasteiger partial charge in [-0.2, -0.15) is 0 Å². The summed E-state index contributed by atoms with van der Waals surface area (Å²) in [6, 6.07) is 4.98. The minimum absolute atomic E-state index is 0.203. The minimum atomic E-state index is -0.789. The van der Waals surface area contributed by atoms with E-state index in [4.69, 9.17) is 0 Å². The van der Waals surface area contributed by atoms with Crippen LogP contribution in [0.5, 0.6) is 0 Å². The molecule has 1 fully saturated rings. The molecule has 1 aliphatic rings. The number of nitrogens with zero attached hydrogens (tertiary/aromatic N) is 1. The quantitative estimate of drug-likeness (QED) is 0.873. The van der Waals surface area contributed by atoms with E-state index in [0.717, 1.165) is 44.5 Å². The highest BCUT2D eigenvalue weighted by atomic mass is 19.1. The monoisotopic (exact) mass is 251 g/mol. The SMILES string of the molecule is CCN1CCCC(O)(c2ccc(F)c(C)c2)CC1. The third kappa shape index (κ3) is 2.73. The van der Waals surface area contributed by atoms with Crippen LogP contribution in [0.2, 0.25) is 0 Å². The molecule has 2 rings (SSSR count). The Morgan fingerprint density at radius 3 is 2.78 bits per heavy atom. The molecule has 0 bridgehead atoms. The molecule has 2 nitrogen and oxygen atoms in total. The first-order valence-corrected chi connectivity index (χ1v) is 6.76. The molecule has 0 saturated carbocycles. The molecule has 0 spiro atoms. The second kappa shape index (κ2) is 5.37. The molecule has 1 aromatic carbocycles. The van der Waals surface area contributed by atoms with E-state index in [1.165, 1.54) is 6.07 Å². The average Bonchev–Trinajstić information content (AvgIpc) is 2.55. The fourth-order valence-electron chi connectivity index (χ4n) is 2.71. The first-order valence-electron chi connectivity index (χ1n) is 6.76. The Balaban J connectivity index is 2.21. The Morgan fingerprint density at radius 2 is 2.11 bits per heavy atom. The van der Waals surface area contributed by atoms with Crippen LogP contribution in [0.4, 0.5) is 4.39 Å². The van der Waals surface area contributed by atoms with Crippen LogP contribution in [0, 0.1) is 12.7 Å². The summed E-state index contributed by atoms with van der Waals surface area (Å²) in [6.07, 6.45) is 2.47. The normalized spacial score (nSPS) is 26.0. The van der Waals surface area contributed by atoms with Gasteiger partial charge in [0.2, 0.25) is 0 Å². The van der Waals surface area contributed by atoms with Crippen LogP contribution in [0.15, 0.2) is 18.2 Å². The molecule has 18 heavy (non-hydrogen) atoms. The Hall–Kier alpha value is -0.930. The van der Waals surface area contributed by atoms with E-state index in [1.807, 2.05) is 0 Å². The third-order valence-corrected chi connectivity index (χ3v) is 4.05. The molecule has 1 unspecified atom stereocenters. The molecule has 1 aliphatic heterocycles. The predicted molar refractivity (Wildman–Crippen MR) is 71.0 cm³/mol. The Kier molecular flexibility index (Phi) is 4.03. The Bertz CT molecular complexity index is 421. The van der Waals surface area contributed by atoms with Crippen molar-refractivity contribution >= 4 is 0 Å². The van der Waals surface area contributed by atoms with Gasteiger partial charge in [-0.1, -0.05) is 19.1 Å². The van der Waals surface area contributed by atoms with Crippen LogP contribution in [-0.4, -0.2) is 29.6 Å². The van der Waals surface area contributed by atoms with Gasteiger partial charge in [0.25, 0.3) is 0 Å². The van der Waals surface area contributed by atoms with Gasteiger partial charge >= 0.3 is 0 Å². The maximum atomic E-state index is 13.3. The fraction of sp³-hybridized carbons (Fsp3) is 0.600. The summed E-state index contributed by atoms with van der Waals surface area (Å²) in [5.74, 6) is -0.203. The molecule has 1 atom stereocenters. The zero-order chi connectivity index (χ0) is 13.2. The van der Waals surface area contributed by atoms with Crippen molar-refractivity contribution in [1.82, 2.24) is 4.90 Å². The van der Waals surface area contributed by atoms with Crippen molar-refractivity contribution in [2.45, 2.75) is 38.7 Å². The highest BCUT2D eigenvalue weighted by molar-refractivity contribution is 5.29. The molecule has 0 aliphatic carbocycles. The number of aryl methyl sites for hydroxylation is 1. The second-order valence-electron chi connectivity index (χ2n) is 5.28. The van der Waals surface area contributed by atoms with Gasteiger partial charge in [0.15, 0.2) is 0 Å². The predicted octanol–water partition coefficient (Wildman–Crippen LogP) is 2.83. The van der Waals surface area contributed by atoms with Gasteiger partial charge in [0.1, 0.15) is 5.82 Å². The fourth-order valence-corrected chi connectivity index (χ4v) is 2.71. The molecule has 3 heteroatoms. The molecule has 1 N–H and O–H groups in total. The first kappa shape index (κ1) is 13.5. The maximum Gasteiger partial charge on any atom is 0.126 e. The van der Waals surface area contributed by atoms with Crippen LogP contribution in [0.25, 0.3) is 0 Å². The van der Waals surface area contributed by atoms with Crippen molar-refractivity contribution in [3.8, 4) is 0 Å². The number of halogens is 1. The molecule has 1 heterocycles. The summed E-state index contributed by atoms with van der Waals surface area (Å²) in [5.41, 5.74) is 0.680. The number of likely N-dealkylation sites (tertiary alicyclic amines) is 1. The smallest absolute Gasteiger partial charge is 0.126 e. The van der Waals surface area contributed by atoms with Gasteiger partial charge in [-0.25, -0.2) is 4.39 Å². The van der Waals surface area contributed by atoms with Crippen LogP contribution < -0.4 is 0 Å². The molecule has 0 radical (unpaired) electrons. The van der Waals surface area contributed by atoms with Crippen molar-refractivity contribution in [3.05, 3.63) is 35.1 Å². The maximum absolute atomic E-state index is 13.3. The zero-order valence-corrected chi connectivity index (χ0v) is 11.2. The van der Waals surface area contributed by atoms with E-state index >= 15 is 0 Å². The van der Waals surface area contributed by atoms with Crippen LogP contribution in [0.1, 0.15) is 37.3 Å². The number of aliphatic hydroxyl groups is 1. The van der Waals surface area contributed by atoms with Crippen LogP contribution in [-0.2, 0) is 5.60 Å². The lowest BCUT2D eigenvalue weighted by atomic mass is 9.86. The van der Waals surface area contributed by atoms with Crippen molar-refractivity contribution in [2.75, 3.05) is 19.6 Å². The molecule has 100 valence electrons. The lowest BCUT2D eigenvalue weighted by Gasteiger charge is -2.28. The zero-order valence-electron chi connectivity index (χ0n) is 11.2. The molecule has 1 saturated heterocycles. The van der Waals surface area contributed by atoms with Crippen molar-refractivity contribution in [3.63, 3.8) is 0 Å². The van der Waals surface area contributed by atoms with E-state index in [1.54, 1.807) is 19.1 Å². The van der Waals surface area contributed by atoms with E-state index < -0.39 is 5.60 Å². The first-order chi connectivity index (χ1) is 8.55. The third-order valence-electron chi connectivity index (χ3n) is 4.05. The number of rotatable bonds is 2. The van der Waals surface area contributed by atoms with Crippen LogP contribution in [0.3, 0.4) is 0 Å². The largest absolute Gasteiger partial charge is 0.385 e. The van der Waals surface area contributed by atoms with Crippen molar-refractivity contribution in [2.24, 2.45) is 0 Å². The molecule has 0 amide bonds. The summed E-state index contributed by atoms with van der Waals surface area (Å²) in [6.45, 7) is 6.87. The summed E-state index contributed by atoms with van der Waals surface area (Å²) in [4.78, 5) is 2.36. The lowest BCUT2D eigenvalue weighted by Crippen LogP contribution is -2.29. The Labute approximate surface area is 108 Å². The number of benzene rings is 1. The summed E-state index contributed by atoms with van der Waals surface area (Å²) < 4.78 is 13.3. The molecule has 1 aromatic rings. The highest BCUT2D eigenvalue weighted by Crippen LogP contribution is 2.33. The highest BCUT2D eigenvalue weighted by Gasteiger charge is 2.31. The molecular weight excluding hydrogens is 229 g/mol. The molecule has 0 aromatic heterocycles. The van der Waals surface area contributed by atoms with Gasteiger partial charge in [0, 0.05) is 6.54 Å². The molecular formula is C15H22FNO. The lowest BCUT2D eigenvalue weighted by molar-refractivity contribution is 0.0212. The number of hydrogen-bond donors (Lipinski definition) is 1. The van der Waals surface area contributed by atoms with E-state index in [0.29, 0.717) is 5.56 Å². The topological polar surface area (TPSA) is 23.5 Å². The van der Waals surface area contributed by atoms with Gasteiger partial charge in [-0.15, -0.1) is 0 Å². The minimum Gasteiger partial charge on any atom is -0.385 e. The van der Waals surface area contributed by atoms with Gasteiger partial charge in [-0.05, 0) is 56.5 Å². The summed E-state index contributed by atoms with van der Waals surface area (Å²) >= 11 is 0. The second-order valence-corrected chi connectivity index (χ2v) is 5.28. The van der Waals surface area contributed by atoms with Crippen LogP contribution >= 0.6 is 0 Å².